The summed E-state index contributed by atoms with van der Waals surface area (Å²) < 4.78 is 20.1. The van der Waals surface area contributed by atoms with Crippen LogP contribution in [0.15, 0.2) is 0 Å². The molecule has 3 atom stereocenters. The van der Waals surface area contributed by atoms with E-state index in [9.17, 15) is 0 Å². The quantitative estimate of drug-likeness (QED) is 0.494. The van der Waals surface area contributed by atoms with Gasteiger partial charge in [0.05, 0.1) is 39.1 Å². The molecule has 0 bridgehead atoms. The minimum atomic E-state index is 0.326. The molecule has 100 valence electrons. The highest BCUT2D eigenvalue weighted by Crippen LogP contribution is 2.15. The van der Waals surface area contributed by atoms with Gasteiger partial charge < -0.3 is 24.1 Å². The van der Waals surface area contributed by atoms with Crippen molar-refractivity contribution in [2.24, 2.45) is 0 Å². The topological polar surface area (TPSA) is 67.0 Å². The van der Waals surface area contributed by atoms with E-state index in [-0.39, 0.29) is 0 Å². The van der Waals surface area contributed by atoms with E-state index in [1.165, 1.54) is 0 Å². The predicted molar refractivity (Wildman–Crippen MR) is 61.0 cm³/mol. The monoisotopic (exact) mass is 246 g/mol. The van der Waals surface area contributed by atoms with Gasteiger partial charge in [0.2, 0.25) is 0 Å². The number of epoxide rings is 3. The van der Waals surface area contributed by atoms with E-state index in [1.807, 2.05) is 0 Å². The van der Waals surface area contributed by atoms with Crippen LogP contribution in [0.2, 0.25) is 0 Å². The van der Waals surface area contributed by atoms with E-state index in [0.29, 0.717) is 24.9 Å². The Morgan fingerprint density at radius 2 is 1.41 bits per heavy atom. The minimum absolute atomic E-state index is 0.326. The largest absolute Gasteiger partial charge is 0.396 e. The highest BCUT2D eigenvalue weighted by Gasteiger charge is 2.26. The van der Waals surface area contributed by atoms with E-state index in [2.05, 4.69) is 0 Å². The second kappa shape index (κ2) is 7.28. The van der Waals surface area contributed by atoms with E-state index >= 15 is 0 Å². The van der Waals surface area contributed by atoms with Crippen LogP contribution < -0.4 is 0 Å². The highest BCUT2D eigenvalue weighted by atomic mass is 16.6. The van der Waals surface area contributed by atoms with Gasteiger partial charge in [0.25, 0.3) is 0 Å². The Morgan fingerprint density at radius 3 is 1.82 bits per heavy atom. The Hall–Kier alpha value is -0.200. The van der Waals surface area contributed by atoms with Gasteiger partial charge in [-0.15, -0.1) is 0 Å². The summed E-state index contributed by atoms with van der Waals surface area (Å²) in [6.07, 6.45) is 4.51. The Labute approximate surface area is 102 Å². The summed E-state index contributed by atoms with van der Waals surface area (Å²) in [5.74, 6) is 0. The molecule has 3 heterocycles. The van der Waals surface area contributed by atoms with Crippen molar-refractivity contribution in [2.45, 2.75) is 37.6 Å². The molecule has 1 N–H and O–H groups in total. The van der Waals surface area contributed by atoms with Crippen molar-refractivity contribution in [3.05, 3.63) is 0 Å². The molecule has 17 heavy (non-hydrogen) atoms. The molecular weight excluding hydrogens is 224 g/mol. The second-order valence-electron chi connectivity index (χ2n) is 4.62. The minimum Gasteiger partial charge on any atom is -0.396 e. The number of aliphatic hydroxyl groups excluding tert-OH is 1. The SMILES string of the molecule is C(OCC1CO1)C1CO1.OCCCCC1CO1. The molecule has 0 aliphatic carbocycles. The van der Waals surface area contributed by atoms with E-state index in [0.717, 1.165) is 52.3 Å². The molecule has 5 nitrogen and oxygen atoms in total. The predicted octanol–water partition coefficient (Wildman–Crippen LogP) is 0.348. The maximum Gasteiger partial charge on any atom is 0.104 e. The van der Waals surface area contributed by atoms with Gasteiger partial charge in [0.1, 0.15) is 12.2 Å². The van der Waals surface area contributed by atoms with Gasteiger partial charge in [-0.1, -0.05) is 0 Å². The number of rotatable bonds is 8. The van der Waals surface area contributed by atoms with Gasteiger partial charge in [-0.2, -0.15) is 0 Å². The number of aliphatic hydroxyl groups is 1. The zero-order chi connectivity index (χ0) is 11.9. The Balaban J connectivity index is 0.000000128. The number of hydrogen-bond acceptors (Lipinski definition) is 5. The van der Waals surface area contributed by atoms with Crippen molar-refractivity contribution in [1.82, 2.24) is 0 Å². The van der Waals surface area contributed by atoms with E-state index in [4.69, 9.17) is 24.1 Å². The molecule has 0 aromatic heterocycles. The lowest BCUT2D eigenvalue weighted by Gasteiger charge is -1.95. The summed E-state index contributed by atoms with van der Waals surface area (Å²) in [5, 5.41) is 8.36. The van der Waals surface area contributed by atoms with Gasteiger partial charge in [0, 0.05) is 6.61 Å². The Bertz CT molecular complexity index is 187. The molecule has 3 unspecified atom stereocenters. The van der Waals surface area contributed by atoms with Crippen LogP contribution in [-0.2, 0) is 18.9 Å². The second-order valence-corrected chi connectivity index (χ2v) is 4.62. The molecule has 3 fully saturated rings. The van der Waals surface area contributed by atoms with Crippen molar-refractivity contribution in [3.63, 3.8) is 0 Å². The van der Waals surface area contributed by atoms with Crippen LogP contribution in [0.25, 0.3) is 0 Å². The zero-order valence-electron chi connectivity index (χ0n) is 10.2. The highest BCUT2D eigenvalue weighted by molar-refractivity contribution is 4.71. The third-order valence-corrected chi connectivity index (χ3v) is 2.75. The van der Waals surface area contributed by atoms with Crippen molar-refractivity contribution in [1.29, 1.82) is 0 Å². The molecule has 0 radical (unpaired) electrons. The average Bonchev–Trinajstić information content (AvgIpc) is 3.10. The lowest BCUT2D eigenvalue weighted by atomic mass is 10.2. The first-order valence-electron chi connectivity index (χ1n) is 6.42. The van der Waals surface area contributed by atoms with Crippen molar-refractivity contribution >= 4 is 0 Å². The van der Waals surface area contributed by atoms with Crippen LogP contribution in [0.4, 0.5) is 0 Å². The molecule has 3 aliphatic rings. The molecule has 5 heteroatoms. The maximum absolute atomic E-state index is 8.36. The third-order valence-electron chi connectivity index (χ3n) is 2.75. The molecule has 0 aromatic rings. The van der Waals surface area contributed by atoms with Gasteiger partial charge in [0.15, 0.2) is 0 Å². The summed E-state index contributed by atoms with van der Waals surface area (Å²) in [6, 6.07) is 0. The van der Waals surface area contributed by atoms with E-state index < -0.39 is 0 Å². The van der Waals surface area contributed by atoms with E-state index in [1.54, 1.807) is 0 Å². The summed E-state index contributed by atoms with van der Waals surface area (Å²) in [6.45, 7) is 4.54. The first kappa shape index (κ1) is 13.2. The molecular formula is C12H22O5. The Kier molecular flexibility index (Phi) is 5.67. The summed E-state index contributed by atoms with van der Waals surface area (Å²) in [4.78, 5) is 0. The van der Waals surface area contributed by atoms with Crippen LogP contribution in [0.5, 0.6) is 0 Å². The fourth-order valence-electron chi connectivity index (χ4n) is 1.38. The summed E-state index contributed by atoms with van der Waals surface area (Å²) in [7, 11) is 0. The lowest BCUT2D eigenvalue weighted by molar-refractivity contribution is 0.102. The van der Waals surface area contributed by atoms with Crippen molar-refractivity contribution < 1.29 is 24.1 Å². The molecule has 3 aliphatic heterocycles. The molecule has 0 spiro atoms. The third kappa shape index (κ3) is 7.68. The normalized spacial score (nSPS) is 32.6. The van der Waals surface area contributed by atoms with Crippen LogP contribution in [0, 0.1) is 0 Å². The van der Waals surface area contributed by atoms with Crippen molar-refractivity contribution in [2.75, 3.05) is 39.6 Å². The molecule has 0 aromatic carbocycles. The molecule has 0 saturated carbocycles. The standard InChI is InChI=1S/C6H10O3.C6H12O2/c1(5-3-8-5)7-2-6-4-9-6;7-4-2-1-3-6-5-8-6/h5-6H,1-4H2;6-7H,1-5H2. The number of hydrogen-bond donors (Lipinski definition) is 1. The first-order valence-corrected chi connectivity index (χ1v) is 6.42. The van der Waals surface area contributed by atoms with Crippen molar-refractivity contribution in [3.8, 4) is 0 Å². The smallest absolute Gasteiger partial charge is 0.104 e. The van der Waals surface area contributed by atoms with Crippen LogP contribution in [-0.4, -0.2) is 63.1 Å². The van der Waals surface area contributed by atoms with Crippen LogP contribution >= 0.6 is 0 Å². The van der Waals surface area contributed by atoms with Gasteiger partial charge in [-0.05, 0) is 19.3 Å². The van der Waals surface area contributed by atoms with Crippen LogP contribution in [0.1, 0.15) is 19.3 Å². The number of unbranched alkanes of at least 4 members (excludes halogenated alkanes) is 1. The molecule has 3 saturated heterocycles. The van der Waals surface area contributed by atoms with Gasteiger partial charge >= 0.3 is 0 Å². The van der Waals surface area contributed by atoms with Crippen LogP contribution in [0.3, 0.4) is 0 Å². The summed E-state index contributed by atoms with van der Waals surface area (Å²) in [5.41, 5.74) is 0. The van der Waals surface area contributed by atoms with Gasteiger partial charge in [-0.3, -0.25) is 0 Å². The fraction of sp³-hybridized carbons (Fsp3) is 1.00. The fourth-order valence-corrected chi connectivity index (χ4v) is 1.38. The average molecular weight is 246 g/mol. The molecule has 3 rings (SSSR count). The van der Waals surface area contributed by atoms with Gasteiger partial charge in [-0.25, -0.2) is 0 Å². The number of ether oxygens (including phenoxy) is 4. The zero-order valence-corrected chi connectivity index (χ0v) is 10.2. The first-order chi connectivity index (χ1) is 8.38. The maximum atomic E-state index is 8.36. The molecule has 0 amide bonds. The lowest BCUT2D eigenvalue weighted by Crippen LogP contribution is -2.06. The Morgan fingerprint density at radius 1 is 0.882 bits per heavy atom. The summed E-state index contributed by atoms with van der Waals surface area (Å²) >= 11 is 0.